The van der Waals surface area contributed by atoms with Crippen molar-refractivity contribution in [3.63, 3.8) is 0 Å². The molecule has 5 N–H and O–H groups in total. The first-order valence-corrected chi connectivity index (χ1v) is 44.4. The van der Waals surface area contributed by atoms with Crippen molar-refractivity contribution in [3.8, 4) is 10.4 Å². The normalized spacial score (nSPS) is 20.2. The molecule has 0 unspecified atom stereocenters. The second kappa shape index (κ2) is 38.1. The minimum atomic E-state index is -6.10. The van der Waals surface area contributed by atoms with E-state index in [0.29, 0.717) is 75.2 Å². The zero-order valence-electron chi connectivity index (χ0n) is 65.7. The molecule has 22 nitrogen and oxygen atoms in total. The van der Waals surface area contributed by atoms with Gasteiger partial charge in [0.15, 0.2) is 0 Å². The molecule has 0 spiro atoms. The number of aliphatic hydroxyl groups is 1. The number of aliphatic hydroxyl groups excluding tert-OH is 1. The van der Waals surface area contributed by atoms with E-state index in [-0.39, 0.29) is 54.1 Å². The van der Waals surface area contributed by atoms with Crippen molar-refractivity contribution in [3.05, 3.63) is 160 Å². The first-order valence-electron chi connectivity index (χ1n) is 39.2. The van der Waals surface area contributed by atoms with Gasteiger partial charge in [-0.1, -0.05) is 112 Å². The molecule has 4 saturated heterocycles. The van der Waals surface area contributed by atoms with Crippen LogP contribution in [0.2, 0.25) is 5.02 Å². The number of hydrogen-bond donors (Lipinski definition) is 5. The molecule has 612 valence electrons. The maximum Gasteiger partial charge on any atom is 0.501 e. The highest BCUT2D eigenvalue weighted by atomic mass is 35.5. The van der Waals surface area contributed by atoms with Crippen LogP contribution in [0.5, 0.6) is 0 Å². The molecule has 113 heavy (non-hydrogen) atoms. The van der Waals surface area contributed by atoms with Crippen LogP contribution in [-0.4, -0.2) is 233 Å². The summed E-state index contributed by atoms with van der Waals surface area (Å²) in [5, 5.41) is 20.5. The average Bonchev–Trinajstić information content (AvgIpc) is 1.55. The Bertz CT molecular complexity index is 4530. The summed E-state index contributed by atoms with van der Waals surface area (Å²) in [6.45, 7) is 22.9. The Morgan fingerprint density at radius 1 is 0.761 bits per heavy atom. The maximum absolute atomic E-state index is 14.4. The highest BCUT2D eigenvalue weighted by Gasteiger charge is 2.49. The number of β-amino-alcohol motifs (C(OH)–C–C–N with tert-alkyl or cyclic N) is 1. The number of hydrogen-bond acceptors (Lipinski definition) is 19. The maximum atomic E-state index is 14.4. The van der Waals surface area contributed by atoms with Crippen LogP contribution in [0.1, 0.15) is 138 Å². The summed E-state index contributed by atoms with van der Waals surface area (Å²) in [4.78, 5) is 88.1. The average molecular weight is 1650 g/mol. The number of piperazine rings is 3. The molecule has 5 heterocycles. The van der Waals surface area contributed by atoms with E-state index in [0.717, 1.165) is 148 Å². The summed E-state index contributed by atoms with van der Waals surface area (Å²) in [6.07, 6.45) is 5.81. The molecule has 6 atom stereocenters. The van der Waals surface area contributed by atoms with Gasteiger partial charge in [0.1, 0.15) is 17.0 Å². The first-order chi connectivity index (χ1) is 53.7. The fraction of sp³-hybridized carbons (Fsp3) is 0.518. The quantitative estimate of drug-likeness (QED) is 0.0200. The number of nitrogens with one attached hydrogen (secondary N) is 4. The molecule has 11 rings (SSSR count). The predicted molar refractivity (Wildman–Crippen MR) is 440 cm³/mol. The van der Waals surface area contributed by atoms with Gasteiger partial charge >= 0.3 is 5.51 Å². The number of thioether (sulfide) groups is 1. The summed E-state index contributed by atoms with van der Waals surface area (Å²) >= 11 is 9.42. The molecule has 30 heteroatoms. The number of thiazole rings is 1. The molecule has 4 fully saturated rings. The van der Waals surface area contributed by atoms with Crippen molar-refractivity contribution in [1.29, 1.82) is 0 Å². The number of sulfone groups is 1. The van der Waals surface area contributed by atoms with E-state index in [4.69, 9.17) is 11.6 Å². The number of anilines is 2. The minimum Gasteiger partial charge on any atom is -0.391 e. The third-order valence-electron chi connectivity index (χ3n) is 22.5. The SMILES string of the molecule is Cc1ncsc1-c1ccc([C@H](C)NC(=O)[C@@H]2C[C@@H](O)CN2C(=O)[C@@H](NC(=O)CCCCCCC(=O)N2CCN(C[C@]3(C)CCC(c4ccc(Cl)cc4)=C(CN4CCN(c5ccc(C(=O)NS(=O)(=O)c6ccc(N[C@H](CCN7CCN(C)CC7)CSc7ccccc7)c(S(=O)(=O)C(F)(F)F)c6)cc5)CC4)C3)CC2)C(C)(C)C)cc1. The van der Waals surface area contributed by atoms with Gasteiger partial charge in [0.25, 0.3) is 25.8 Å². The van der Waals surface area contributed by atoms with Crippen LogP contribution in [0.3, 0.4) is 0 Å². The monoisotopic (exact) mass is 1650 g/mol. The number of alkyl halides is 3. The van der Waals surface area contributed by atoms with Crippen molar-refractivity contribution < 1.29 is 59.1 Å². The molecule has 5 aliphatic rings. The molecular weight excluding hydrogens is 1550 g/mol. The number of aryl methyl sites for hydroxylation is 1. The predicted octanol–water partition coefficient (Wildman–Crippen LogP) is 12.0. The van der Waals surface area contributed by atoms with Gasteiger partial charge in [-0.25, -0.2) is 26.5 Å². The van der Waals surface area contributed by atoms with E-state index in [1.807, 2.05) is 124 Å². The van der Waals surface area contributed by atoms with Gasteiger partial charge < -0.3 is 45.6 Å². The minimum absolute atomic E-state index is 0.0204. The zero-order valence-corrected chi connectivity index (χ0v) is 69.7. The molecule has 1 aromatic heterocycles. The number of halogens is 4. The third-order valence-corrected chi connectivity index (χ3v) is 27.7. The first kappa shape index (κ1) is 86.4. The van der Waals surface area contributed by atoms with Gasteiger partial charge in [-0.05, 0) is 159 Å². The summed E-state index contributed by atoms with van der Waals surface area (Å²) < 4.78 is 99.6. The molecule has 0 saturated carbocycles. The summed E-state index contributed by atoms with van der Waals surface area (Å²) in [7, 11) is -8.99. The van der Waals surface area contributed by atoms with Crippen molar-refractivity contribution in [2.75, 3.05) is 128 Å². The number of unbranched alkanes of at least 4 members (excludes halogenated alkanes) is 3. The van der Waals surface area contributed by atoms with Gasteiger partial charge in [-0.2, -0.15) is 13.2 Å². The molecule has 0 radical (unpaired) electrons. The standard InChI is InChI=1S/C83H108ClF3N12O10S4/c1-57(59-19-21-61(22-20-59)76-58(2)88-56-111-76)89-79(104)72-49-67(100)53-99(72)80(105)77(81(3,4)5)91-74(101)17-13-8-9-14-18-75(102)98-47-43-96(44-48-98)55-82(6)35-33-70(60-23-27-64(84)28-24-60)63(51-82)52-95-41-45-97(46-42-95)66-29-25-62(26-30-66)78(103)92-113(108,109)69-31-32-71(73(50-69)112(106,107)83(85,86)87)90-65(54-110-68-15-11-10-12-16-68)34-36-94-39-37-93(7)38-40-94/h10-12,15-16,19-32,50,56-57,65,67,72,77,90,100H,8-9,13-14,17-18,33-49,51-55H2,1-7H3,(H,89,104)(H,91,101)(H,92,103)/t57-,65+,67+,72-,77+,82+/m0/s1. The van der Waals surface area contributed by atoms with E-state index in [1.165, 1.54) is 39.9 Å². The van der Waals surface area contributed by atoms with Gasteiger partial charge in [0.05, 0.1) is 38.8 Å². The molecular formula is C83H108ClF3N12O10S4. The van der Waals surface area contributed by atoms with E-state index in [9.17, 15) is 59.1 Å². The van der Waals surface area contributed by atoms with Crippen LogP contribution in [0.15, 0.2) is 147 Å². The Balaban J connectivity index is 0.621. The number of aromatic nitrogens is 1. The number of allylic oxidation sites excluding steroid dienone is 1. The Morgan fingerprint density at radius 3 is 2.05 bits per heavy atom. The third kappa shape index (κ3) is 23.0. The second-order valence-corrected chi connectivity index (χ2v) is 38.3. The number of carbonyl (C=O) groups excluding carboxylic acids is 5. The van der Waals surface area contributed by atoms with Crippen LogP contribution in [-0.2, 0) is 39.0 Å². The highest BCUT2D eigenvalue weighted by Crippen LogP contribution is 2.45. The van der Waals surface area contributed by atoms with E-state index in [1.54, 1.807) is 23.5 Å². The van der Waals surface area contributed by atoms with Crippen molar-refractivity contribution >= 4 is 101 Å². The number of likely N-dealkylation sites (N-methyl/N-ethyl adjacent to an activating group) is 1. The van der Waals surface area contributed by atoms with Crippen LogP contribution < -0.4 is 25.6 Å². The lowest BCUT2D eigenvalue weighted by atomic mass is 9.71. The van der Waals surface area contributed by atoms with Crippen LogP contribution in [0.4, 0.5) is 24.5 Å². The Morgan fingerprint density at radius 2 is 1.41 bits per heavy atom. The Labute approximate surface area is 677 Å². The highest BCUT2D eigenvalue weighted by molar-refractivity contribution is 7.99. The number of nitrogens with zero attached hydrogens (tertiary/aromatic N) is 8. The van der Waals surface area contributed by atoms with Gasteiger partial charge in [-0.15, -0.1) is 23.1 Å². The van der Waals surface area contributed by atoms with Gasteiger partial charge in [-0.3, -0.25) is 33.8 Å². The fourth-order valence-electron chi connectivity index (χ4n) is 15.8. The van der Waals surface area contributed by atoms with Crippen LogP contribution >= 0.6 is 34.7 Å². The zero-order chi connectivity index (χ0) is 81.0. The molecule has 0 bridgehead atoms. The summed E-state index contributed by atoms with van der Waals surface area (Å²) in [6, 6.07) is 31.5. The lowest BCUT2D eigenvalue weighted by Gasteiger charge is -2.44. The van der Waals surface area contributed by atoms with Crippen molar-refractivity contribution in [2.45, 2.75) is 163 Å². The van der Waals surface area contributed by atoms with E-state index < -0.39 is 82.3 Å². The number of rotatable bonds is 31. The second-order valence-electron chi connectivity index (χ2n) is 32.3. The molecule has 5 amide bonds. The van der Waals surface area contributed by atoms with Crippen molar-refractivity contribution in [2.24, 2.45) is 10.8 Å². The van der Waals surface area contributed by atoms with Crippen LogP contribution in [0, 0.1) is 17.8 Å². The number of amides is 5. The number of sulfonamides is 1. The Hall–Kier alpha value is -7.45. The van der Waals surface area contributed by atoms with Gasteiger partial charge in [0, 0.05) is 157 Å². The largest absolute Gasteiger partial charge is 0.501 e. The molecule has 5 aromatic carbocycles. The molecule has 1 aliphatic carbocycles. The van der Waals surface area contributed by atoms with Crippen LogP contribution in [0.25, 0.3) is 16.0 Å². The smallest absolute Gasteiger partial charge is 0.391 e. The van der Waals surface area contributed by atoms with E-state index >= 15 is 0 Å². The number of likely N-dealkylation sites (tertiary alicyclic amines) is 1. The number of benzene rings is 5. The molecule has 6 aromatic rings. The summed E-state index contributed by atoms with van der Waals surface area (Å²) in [5.74, 6) is -1.62. The lowest BCUT2D eigenvalue weighted by Crippen LogP contribution is -2.57. The molecule has 4 aliphatic heterocycles. The number of carbonyl (C=O) groups is 5. The van der Waals surface area contributed by atoms with Crippen molar-refractivity contribution in [1.82, 2.24) is 49.7 Å². The Kier molecular flexibility index (Phi) is 29.1. The van der Waals surface area contributed by atoms with E-state index in [2.05, 4.69) is 64.5 Å². The van der Waals surface area contributed by atoms with Gasteiger partial charge in [0.2, 0.25) is 23.6 Å². The fourth-order valence-corrected chi connectivity index (χ4v) is 19.7. The topological polar surface area (TPSA) is 258 Å². The lowest BCUT2D eigenvalue weighted by molar-refractivity contribution is -0.144. The summed E-state index contributed by atoms with van der Waals surface area (Å²) in [5.41, 5.74) is 2.41.